The molecule has 0 saturated carbocycles. The van der Waals surface area contributed by atoms with Crippen LogP contribution in [0.1, 0.15) is 30.6 Å². The fourth-order valence-corrected chi connectivity index (χ4v) is 1.98. The monoisotopic (exact) mass is 356 g/mol. The maximum absolute atomic E-state index is 12.1. The summed E-state index contributed by atoms with van der Waals surface area (Å²) in [6.07, 6.45) is 0.456. The van der Waals surface area contributed by atoms with Gasteiger partial charge in [0.25, 0.3) is 0 Å². The van der Waals surface area contributed by atoms with Crippen LogP contribution >= 0.6 is 22.6 Å². The van der Waals surface area contributed by atoms with Gasteiger partial charge in [0.05, 0.1) is 12.6 Å². The van der Waals surface area contributed by atoms with Crippen molar-refractivity contribution in [2.24, 2.45) is 0 Å². The van der Waals surface area contributed by atoms with Gasteiger partial charge in [0.1, 0.15) is 0 Å². The van der Waals surface area contributed by atoms with Crippen molar-refractivity contribution < 1.29 is 4.79 Å². The first kappa shape index (κ1) is 15.1. The standard InChI is InChI=1S/C14H17IN2O/c1-11(2)17(9-3-8-16)10-14(18)12-4-6-13(15)7-5-12/h4-7,11H,3,9-10H2,1-2H3. The molecule has 18 heavy (non-hydrogen) atoms. The lowest BCUT2D eigenvalue weighted by Crippen LogP contribution is -2.36. The number of Topliss-reactive ketones (excluding diaryl/α,β-unsaturated/α-hetero) is 1. The average Bonchev–Trinajstić information content (AvgIpc) is 2.34. The van der Waals surface area contributed by atoms with Gasteiger partial charge in [-0.2, -0.15) is 5.26 Å². The first-order chi connectivity index (χ1) is 8.54. The summed E-state index contributed by atoms with van der Waals surface area (Å²) >= 11 is 2.22. The van der Waals surface area contributed by atoms with Gasteiger partial charge >= 0.3 is 0 Å². The summed E-state index contributed by atoms with van der Waals surface area (Å²) in [4.78, 5) is 14.1. The normalized spacial score (nSPS) is 10.7. The van der Waals surface area contributed by atoms with E-state index in [2.05, 4.69) is 28.7 Å². The molecule has 0 unspecified atom stereocenters. The minimum Gasteiger partial charge on any atom is -0.293 e. The van der Waals surface area contributed by atoms with Crippen molar-refractivity contribution >= 4 is 28.4 Å². The molecule has 0 aliphatic rings. The highest BCUT2D eigenvalue weighted by atomic mass is 127. The van der Waals surface area contributed by atoms with Crippen molar-refractivity contribution in [3.05, 3.63) is 33.4 Å². The number of halogens is 1. The average molecular weight is 356 g/mol. The fourth-order valence-electron chi connectivity index (χ4n) is 1.62. The van der Waals surface area contributed by atoms with E-state index in [1.165, 1.54) is 0 Å². The molecule has 0 aromatic heterocycles. The Hall–Kier alpha value is -0.930. The van der Waals surface area contributed by atoms with Gasteiger partial charge in [-0.15, -0.1) is 0 Å². The van der Waals surface area contributed by atoms with Gasteiger partial charge < -0.3 is 0 Å². The molecule has 1 rings (SSSR count). The van der Waals surface area contributed by atoms with Gasteiger partial charge in [-0.3, -0.25) is 9.69 Å². The van der Waals surface area contributed by atoms with E-state index < -0.39 is 0 Å². The number of carbonyl (C=O) groups excluding carboxylic acids is 1. The smallest absolute Gasteiger partial charge is 0.176 e. The molecule has 0 spiro atoms. The first-order valence-corrected chi connectivity index (χ1v) is 7.02. The summed E-state index contributed by atoms with van der Waals surface area (Å²) in [5.74, 6) is 0.109. The summed E-state index contributed by atoms with van der Waals surface area (Å²) in [5, 5.41) is 8.62. The molecule has 0 bridgehead atoms. The number of hydrogen-bond acceptors (Lipinski definition) is 3. The van der Waals surface area contributed by atoms with E-state index in [1.54, 1.807) is 0 Å². The zero-order chi connectivity index (χ0) is 13.5. The maximum Gasteiger partial charge on any atom is 0.176 e. The van der Waals surface area contributed by atoms with E-state index in [9.17, 15) is 4.79 Å². The van der Waals surface area contributed by atoms with Crippen molar-refractivity contribution in [1.82, 2.24) is 4.90 Å². The molecule has 0 saturated heterocycles. The molecule has 0 heterocycles. The summed E-state index contributed by atoms with van der Waals surface area (Å²) in [7, 11) is 0. The van der Waals surface area contributed by atoms with Gasteiger partial charge in [0, 0.05) is 28.1 Å². The number of nitrogens with zero attached hydrogens (tertiary/aromatic N) is 2. The van der Waals surface area contributed by atoms with E-state index >= 15 is 0 Å². The highest BCUT2D eigenvalue weighted by Gasteiger charge is 2.14. The van der Waals surface area contributed by atoms with Crippen LogP contribution in [0.25, 0.3) is 0 Å². The van der Waals surface area contributed by atoms with Crippen LogP contribution < -0.4 is 0 Å². The van der Waals surface area contributed by atoms with Crippen molar-refractivity contribution in [1.29, 1.82) is 5.26 Å². The fraction of sp³-hybridized carbons (Fsp3) is 0.429. The van der Waals surface area contributed by atoms with Crippen LogP contribution in [0.15, 0.2) is 24.3 Å². The molecule has 3 nitrogen and oxygen atoms in total. The van der Waals surface area contributed by atoms with E-state index in [4.69, 9.17) is 5.26 Å². The van der Waals surface area contributed by atoms with Gasteiger partial charge in [-0.05, 0) is 48.6 Å². The topological polar surface area (TPSA) is 44.1 Å². The molecule has 4 heteroatoms. The molecule has 0 radical (unpaired) electrons. The van der Waals surface area contributed by atoms with Crippen molar-refractivity contribution in [3.8, 4) is 6.07 Å². The van der Waals surface area contributed by atoms with E-state index in [-0.39, 0.29) is 11.8 Å². The van der Waals surface area contributed by atoms with Crippen LogP contribution in [0.5, 0.6) is 0 Å². The van der Waals surface area contributed by atoms with Gasteiger partial charge in [0.15, 0.2) is 5.78 Å². The summed E-state index contributed by atoms with van der Waals surface area (Å²) in [6.45, 7) is 5.10. The predicted molar refractivity (Wildman–Crippen MR) is 80.4 cm³/mol. The van der Waals surface area contributed by atoms with Crippen molar-refractivity contribution in [2.75, 3.05) is 13.1 Å². The summed E-state index contributed by atoms with van der Waals surface area (Å²) in [5.41, 5.74) is 0.734. The van der Waals surface area contributed by atoms with Crippen molar-refractivity contribution in [2.45, 2.75) is 26.3 Å². The van der Waals surface area contributed by atoms with Gasteiger partial charge in [0.2, 0.25) is 0 Å². The SMILES string of the molecule is CC(C)N(CCC#N)CC(=O)c1ccc(I)cc1. The Kier molecular flexibility index (Phi) is 6.30. The number of carbonyl (C=O) groups is 1. The molecule has 0 aliphatic carbocycles. The minimum atomic E-state index is 0.109. The Morgan fingerprint density at radius 2 is 2.00 bits per heavy atom. The highest BCUT2D eigenvalue weighted by Crippen LogP contribution is 2.09. The predicted octanol–water partition coefficient (Wildman–Crippen LogP) is 3.10. The first-order valence-electron chi connectivity index (χ1n) is 5.94. The Morgan fingerprint density at radius 1 is 1.39 bits per heavy atom. The quantitative estimate of drug-likeness (QED) is 0.581. The zero-order valence-corrected chi connectivity index (χ0v) is 12.8. The third-order valence-electron chi connectivity index (χ3n) is 2.75. The highest BCUT2D eigenvalue weighted by molar-refractivity contribution is 14.1. The zero-order valence-electron chi connectivity index (χ0n) is 10.7. The molecule has 0 atom stereocenters. The number of benzene rings is 1. The Bertz CT molecular complexity index is 434. The van der Waals surface area contributed by atoms with Gasteiger partial charge in [-0.25, -0.2) is 0 Å². The second-order valence-electron chi connectivity index (χ2n) is 4.40. The molecular weight excluding hydrogens is 339 g/mol. The largest absolute Gasteiger partial charge is 0.293 e. The van der Waals surface area contributed by atoms with Crippen LogP contribution in [-0.4, -0.2) is 29.8 Å². The number of nitriles is 1. The Morgan fingerprint density at radius 3 is 2.50 bits per heavy atom. The van der Waals surface area contributed by atoms with E-state index in [0.717, 1.165) is 9.13 Å². The van der Waals surface area contributed by atoms with Crippen LogP contribution in [0, 0.1) is 14.9 Å². The molecule has 0 aliphatic heterocycles. The lowest BCUT2D eigenvalue weighted by atomic mass is 10.1. The Labute approximate surface area is 122 Å². The molecule has 0 N–H and O–H groups in total. The van der Waals surface area contributed by atoms with Gasteiger partial charge in [-0.1, -0.05) is 12.1 Å². The Balaban J connectivity index is 2.66. The summed E-state index contributed by atoms with van der Waals surface area (Å²) in [6, 6.07) is 9.96. The summed E-state index contributed by atoms with van der Waals surface area (Å²) < 4.78 is 1.12. The second kappa shape index (κ2) is 7.49. The molecule has 0 amide bonds. The minimum absolute atomic E-state index is 0.109. The third kappa shape index (κ3) is 4.75. The molecule has 0 fully saturated rings. The molecular formula is C14H17IN2O. The lowest BCUT2D eigenvalue weighted by molar-refractivity contribution is 0.0908. The lowest BCUT2D eigenvalue weighted by Gasteiger charge is -2.24. The third-order valence-corrected chi connectivity index (χ3v) is 3.47. The van der Waals surface area contributed by atoms with E-state index in [0.29, 0.717) is 19.5 Å². The van der Waals surface area contributed by atoms with Crippen LogP contribution in [-0.2, 0) is 0 Å². The number of hydrogen-bond donors (Lipinski definition) is 0. The second-order valence-corrected chi connectivity index (χ2v) is 5.65. The van der Waals surface area contributed by atoms with Crippen LogP contribution in [0.3, 0.4) is 0 Å². The number of ketones is 1. The molecule has 96 valence electrons. The maximum atomic E-state index is 12.1. The van der Waals surface area contributed by atoms with Crippen molar-refractivity contribution in [3.63, 3.8) is 0 Å². The van der Waals surface area contributed by atoms with E-state index in [1.807, 2.05) is 43.0 Å². The van der Waals surface area contributed by atoms with Crippen LogP contribution in [0.2, 0.25) is 0 Å². The molecule has 1 aromatic rings. The molecule has 1 aromatic carbocycles. The number of rotatable bonds is 6. The van der Waals surface area contributed by atoms with Crippen LogP contribution in [0.4, 0.5) is 0 Å².